The minimum Gasteiger partial charge on any atom is -0.464 e. The van der Waals surface area contributed by atoms with Crippen LogP contribution in [0.15, 0.2) is 34.9 Å². The first-order valence-electron chi connectivity index (χ1n) is 7.43. The highest BCUT2D eigenvalue weighted by Gasteiger charge is 2.27. The van der Waals surface area contributed by atoms with Crippen molar-refractivity contribution in [2.45, 2.75) is 19.8 Å². The van der Waals surface area contributed by atoms with Crippen LogP contribution in [0.3, 0.4) is 0 Å². The van der Waals surface area contributed by atoms with Gasteiger partial charge in [-0.15, -0.1) is 0 Å². The molecule has 0 bridgehead atoms. The molecule has 1 aromatic heterocycles. The third-order valence-corrected chi connectivity index (χ3v) is 4.25. The Bertz CT molecular complexity index is 673. The Morgan fingerprint density at radius 1 is 1.38 bits per heavy atom. The zero-order valence-electron chi connectivity index (χ0n) is 12.2. The fourth-order valence-electron chi connectivity index (χ4n) is 2.96. The van der Waals surface area contributed by atoms with Gasteiger partial charge in [-0.1, -0.05) is 25.1 Å². The minimum absolute atomic E-state index is 0.0594. The zero-order valence-corrected chi connectivity index (χ0v) is 12.2. The van der Waals surface area contributed by atoms with E-state index < -0.39 is 0 Å². The molecule has 0 aliphatic carbocycles. The highest BCUT2D eigenvalue weighted by molar-refractivity contribution is 6.08. The molecule has 0 radical (unpaired) electrons. The molecule has 110 valence electrons. The van der Waals surface area contributed by atoms with Gasteiger partial charge in [0.2, 0.25) is 0 Å². The number of hydrogen-bond donors (Lipinski definition) is 0. The normalized spacial score (nSPS) is 20.0. The van der Waals surface area contributed by atoms with Gasteiger partial charge in [-0.3, -0.25) is 14.5 Å². The van der Waals surface area contributed by atoms with E-state index in [9.17, 15) is 9.59 Å². The molecule has 0 amide bonds. The second-order valence-electron chi connectivity index (χ2n) is 5.63. The van der Waals surface area contributed by atoms with Gasteiger partial charge in [0.05, 0.1) is 12.1 Å². The molecule has 1 aromatic carbocycles. The number of furan rings is 1. The zero-order chi connectivity index (χ0) is 14.8. The average molecular weight is 285 g/mol. The second kappa shape index (κ2) is 5.82. The molecule has 21 heavy (non-hydrogen) atoms. The van der Waals surface area contributed by atoms with Crippen LogP contribution in [0.2, 0.25) is 0 Å². The van der Waals surface area contributed by atoms with E-state index in [4.69, 9.17) is 4.42 Å². The molecule has 1 aliphatic heterocycles. The third kappa shape index (κ3) is 2.76. The summed E-state index contributed by atoms with van der Waals surface area (Å²) in [6, 6.07) is 7.56. The Morgan fingerprint density at radius 2 is 2.19 bits per heavy atom. The van der Waals surface area contributed by atoms with Crippen molar-refractivity contribution in [1.29, 1.82) is 0 Å². The van der Waals surface area contributed by atoms with Gasteiger partial charge in [-0.05, 0) is 12.5 Å². The number of rotatable bonds is 4. The summed E-state index contributed by atoms with van der Waals surface area (Å²) in [5, 5.41) is 0.864. The van der Waals surface area contributed by atoms with Gasteiger partial charge >= 0.3 is 0 Å². The molecule has 0 N–H and O–H groups in total. The molecule has 4 nitrogen and oxygen atoms in total. The number of fused-ring (bicyclic) bond motifs is 1. The van der Waals surface area contributed by atoms with E-state index in [-0.39, 0.29) is 11.7 Å². The summed E-state index contributed by atoms with van der Waals surface area (Å²) in [5.74, 6) is 0.465. The number of likely N-dealkylation sites (tertiary alicyclic amines) is 1. The van der Waals surface area contributed by atoms with Crippen molar-refractivity contribution in [3.63, 3.8) is 0 Å². The summed E-state index contributed by atoms with van der Waals surface area (Å²) < 4.78 is 5.43. The molecular weight excluding hydrogens is 266 g/mol. The first kappa shape index (κ1) is 14.0. The summed E-state index contributed by atoms with van der Waals surface area (Å²) in [5.41, 5.74) is 1.37. The van der Waals surface area contributed by atoms with E-state index >= 15 is 0 Å². The summed E-state index contributed by atoms with van der Waals surface area (Å²) >= 11 is 0. The lowest BCUT2D eigenvalue weighted by molar-refractivity contribution is -0.126. The van der Waals surface area contributed by atoms with Gasteiger partial charge in [0.15, 0.2) is 5.78 Å². The van der Waals surface area contributed by atoms with Crippen molar-refractivity contribution < 1.29 is 14.0 Å². The van der Waals surface area contributed by atoms with E-state index in [1.165, 1.54) is 0 Å². The van der Waals surface area contributed by atoms with E-state index in [1.807, 2.05) is 31.2 Å². The lowest BCUT2D eigenvalue weighted by atomic mass is 9.94. The maximum absolute atomic E-state index is 12.5. The van der Waals surface area contributed by atoms with E-state index in [0.29, 0.717) is 37.4 Å². The molecule has 4 heteroatoms. The van der Waals surface area contributed by atoms with Crippen molar-refractivity contribution in [2.75, 3.05) is 19.6 Å². The number of nitrogens with zero attached hydrogens (tertiary/aromatic N) is 1. The number of benzene rings is 1. The van der Waals surface area contributed by atoms with Crippen LogP contribution in [0.25, 0.3) is 11.0 Å². The second-order valence-corrected chi connectivity index (χ2v) is 5.63. The lowest BCUT2D eigenvalue weighted by Crippen LogP contribution is -2.42. The Hall–Kier alpha value is -1.94. The maximum Gasteiger partial charge on any atom is 0.180 e. The Labute approximate surface area is 123 Å². The van der Waals surface area contributed by atoms with E-state index in [2.05, 4.69) is 4.90 Å². The maximum atomic E-state index is 12.5. The number of hydrogen-bond acceptors (Lipinski definition) is 4. The monoisotopic (exact) mass is 285 g/mol. The molecule has 1 aliphatic rings. The summed E-state index contributed by atoms with van der Waals surface area (Å²) in [6.45, 7) is 3.75. The number of Topliss-reactive ketones (excluding diaryl/α,β-unsaturated/α-hetero) is 2. The standard InChI is InChI=1S/C17H19NO3/c1-2-12-9-18(8-7-15(12)19)10-16(20)14-11-21-17-6-4-3-5-13(14)17/h3-6,11-12H,2,7-10H2,1H3. The van der Waals surface area contributed by atoms with Crippen molar-refractivity contribution in [2.24, 2.45) is 5.92 Å². The van der Waals surface area contributed by atoms with Crippen molar-refractivity contribution in [3.05, 3.63) is 36.1 Å². The van der Waals surface area contributed by atoms with Crippen LogP contribution in [-0.4, -0.2) is 36.1 Å². The molecular formula is C17H19NO3. The van der Waals surface area contributed by atoms with E-state index in [1.54, 1.807) is 6.26 Å². The van der Waals surface area contributed by atoms with Gasteiger partial charge in [0.1, 0.15) is 17.6 Å². The largest absolute Gasteiger partial charge is 0.464 e. The molecule has 1 unspecified atom stereocenters. The summed E-state index contributed by atoms with van der Waals surface area (Å²) in [4.78, 5) is 26.3. The van der Waals surface area contributed by atoms with Crippen molar-refractivity contribution >= 4 is 22.5 Å². The van der Waals surface area contributed by atoms with Crippen LogP contribution in [-0.2, 0) is 4.79 Å². The van der Waals surface area contributed by atoms with E-state index in [0.717, 1.165) is 17.4 Å². The Balaban J connectivity index is 1.73. The fourth-order valence-corrected chi connectivity index (χ4v) is 2.96. The molecule has 2 heterocycles. The van der Waals surface area contributed by atoms with Gasteiger partial charge in [-0.25, -0.2) is 0 Å². The smallest absolute Gasteiger partial charge is 0.180 e. The molecule has 0 spiro atoms. The minimum atomic E-state index is 0.0594. The average Bonchev–Trinajstić information content (AvgIpc) is 2.93. The van der Waals surface area contributed by atoms with Gasteiger partial charge < -0.3 is 4.42 Å². The Kier molecular flexibility index (Phi) is 3.88. The molecule has 2 aromatic rings. The van der Waals surface area contributed by atoms with Crippen LogP contribution in [0.4, 0.5) is 0 Å². The predicted molar refractivity (Wildman–Crippen MR) is 80.4 cm³/mol. The number of para-hydroxylation sites is 1. The van der Waals surface area contributed by atoms with Crippen LogP contribution >= 0.6 is 0 Å². The highest BCUT2D eigenvalue weighted by Crippen LogP contribution is 2.22. The van der Waals surface area contributed by atoms with Crippen molar-refractivity contribution in [1.82, 2.24) is 4.90 Å². The number of ketones is 2. The van der Waals surface area contributed by atoms with Crippen molar-refractivity contribution in [3.8, 4) is 0 Å². The topological polar surface area (TPSA) is 50.5 Å². The first-order valence-corrected chi connectivity index (χ1v) is 7.43. The summed E-state index contributed by atoms with van der Waals surface area (Å²) in [7, 11) is 0. The molecule has 3 rings (SSSR count). The van der Waals surface area contributed by atoms with Crippen LogP contribution in [0, 0.1) is 5.92 Å². The van der Waals surface area contributed by atoms with Crippen LogP contribution < -0.4 is 0 Å². The highest BCUT2D eigenvalue weighted by atomic mass is 16.3. The Morgan fingerprint density at radius 3 is 3.00 bits per heavy atom. The van der Waals surface area contributed by atoms with Gasteiger partial charge in [-0.2, -0.15) is 0 Å². The third-order valence-electron chi connectivity index (χ3n) is 4.25. The lowest BCUT2D eigenvalue weighted by Gasteiger charge is -2.30. The predicted octanol–water partition coefficient (Wildman–Crippen LogP) is 2.92. The molecule has 1 saturated heterocycles. The molecule has 0 saturated carbocycles. The summed E-state index contributed by atoms with van der Waals surface area (Å²) in [6.07, 6.45) is 2.94. The molecule has 1 fully saturated rings. The number of piperidine rings is 1. The number of carbonyl (C=O) groups excluding carboxylic acids is 2. The SMILES string of the molecule is CCC1CN(CC(=O)c2coc3ccccc23)CCC1=O. The number of carbonyl (C=O) groups is 2. The van der Waals surface area contributed by atoms with Crippen LogP contribution in [0.1, 0.15) is 30.1 Å². The first-order chi connectivity index (χ1) is 10.2. The quantitative estimate of drug-likeness (QED) is 0.810. The van der Waals surface area contributed by atoms with Gasteiger partial charge in [0, 0.05) is 30.8 Å². The van der Waals surface area contributed by atoms with Gasteiger partial charge in [0.25, 0.3) is 0 Å². The fraction of sp³-hybridized carbons (Fsp3) is 0.412. The van der Waals surface area contributed by atoms with Crippen LogP contribution in [0.5, 0.6) is 0 Å². The molecule has 1 atom stereocenters.